The summed E-state index contributed by atoms with van der Waals surface area (Å²) in [6.07, 6.45) is 4.17. The highest BCUT2D eigenvalue weighted by atomic mass is 32.2. The molecule has 0 aliphatic heterocycles. The minimum Gasteiger partial charge on any atom is -0.382 e. The Hall–Kier alpha value is -2.52. The molecule has 0 aliphatic rings. The van der Waals surface area contributed by atoms with Gasteiger partial charge in [-0.3, -0.25) is 0 Å². The van der Waals surface area contributed by atoms with Crippen LogP contribution in [0.3, 0.4) is 0 Å². The van der Waals surface area contributed by atoms with Crippen molar-refractivity contribution in [3.8, 4) is 11.5 Å². The number of fused-ring (bicyclic) bond motifs is 1. The lowest BCUT2D eigenvalue weighted by Gasteiger charge is -2.11. The molecule has 2 aromatic heterocycles. The van der Waals surface area contributed by atoms with E-state index in [9.17, 15) is 8.42 Å². The van der Waals surface area contributed by atoms with Crippen LogP contribution in [0.15, 0.2) is 36.7 Å². The molecule has 0 saturated carbocycles. The van der Waals surface area contributed by atoms with Crippen molar-refractivity contribution in [3.63, 3.8) is 0 Å². The average molecular weight is 362 g/mol. The van der Waals surface area contributed by atoms with Gasteiger partial charge in [0.1, 0.15) is 5.69 Å². The number of nitrogen functional groups attached to an aromatic ring is 1. The summed E-state index contributed by atoms with van der Waals surface area (Å²) < 4.78 is 21.0. The highest BCUT2D eigenvalue weighted by Gasteiger charge is 2.16. The van der Waals surface area contributed by atoms with Crippen molar-refractivity contribution in [1.82, 2.24) is 19.5 Å². The molecular weight excluding hydrogens is 340 g/mol. The second-order valence-electron chi connectivity index (χ2n) is 6.05. The molecule has 0 unspecified atom stereocenters. The second-order valence-corrected chi connectivity index (χ2v) is 7.71. The standard InChI is InChI=1S/C15H17N5.CH5NO2S/c1-10(2)9-20-12-6-4-3-5-11(12)19-15(20)13-14(16)18-8-7-17-13;1-5(2,3)4/h3-8,10H,9H2,1-2H3,(H2,16,18);1H3,(H2,2,3,4). The van der Waals surface area contributed by atoms with Gasteiger partial charge in [-0.15, -0.1) is 0 Å². The third-order valence-electron chi connectivity index (χ3n) is 3.14. The highest BCUT2D eigenvalue weighted by Crippen LogP contribution is 2.26. The lowest BCUT2D eigenvalue weighted by Crippen LogP contribution is -2.08. The Bertz CT molecular complexity index is 958. The quantitative estimate of drug-likeness (QED) is 0.728. The van der Waals surface area contributed by atoms with Crippen LogP contribution in [0, 0.1) is 5.92 Å². The molecule has 0 atom stereocenters. The summed E-state index contributed by atoms with van der Waals surface area (Å²) >= 11 is 0. The smallest absolute Gasteiger partial charge is 0.206 e. The van der Waals surface area contributed by atoms with Gasteiger partial charge < -0.3 is 10.3 Å². The van der Waals surface area contributed by atoms with Crippen LogP contribution in [0.4, 0.5) is 5.82 Å². The summed E-state index contributed by atoms with van der Waals surface area (Å²) in [5.41, 5.74) is 8.64. The first-order valence-electron chi connectivity index (χ1n) is 7.66. The molecule has 25 heavy (non-hydrogen) atoms. The van der Waals surface area contributed by atoms with Crippen LogP contribution in [0.1, 0.15) is 13.8 Å². The summed E-state index contributed by atoms with van der Waals surface area (Å²) in [6, 6.07) is 8.08. The largest absolute Gasteiger partial charge is 0.382 e. The monoisotopic (exact) mass is 362 g/mol. The number of hydrogen-bond acceptors (Lipinski definition) is 6. The van der Waals surface area contributed by atoms with Crippen LogP contribution in [0.5, 0.6) is 0 Å². The van der Waals surface area contributed by atoms with Crippen LogP contribution in [-0.4, -0.2) is 34.2 Å². The summed E-state index contributed by atoms with van der Waals surface area (Å²) in [4.78, 5) is 13.1. The molecule has 8 nitrogen and oxygen atoms in total. The maximum Gasteiger partial charge on any atom is 0.206 e. The lowest BCUT2D eigenvalue weighted by molar-refractivity contribution is 0.536. The number of para-hydroxylation sites is 2. The number of nitrogens with two attached hydrogens (primary N) is 2. The van der Waals surface area contributed by atoms with E-state index in [1.54, 1.807) is 12.4 Å². The first-order chi connectivity index (χ1) is 11.7. The Morgan fingerprint density at radius 2 is 1.76 bits per heavy atom. The van der Waals surface area contributed by atoms with Crippen LogP contribution < -0.4 is 10.9 Å². The van der Waals surface area contributed by atoms with E-state index < -0.39 is 10.0 Å². The van der Waals surface area contributed by atoms with E-state index in [0.717, 1.165) is 29.7 Å². The van der Waals surface area contributed by atoms with E-state index >= 15 is 0 Å². The molecule has 134 valence electrons. The fourth-order valence-corrected chi connectivity index (χ4v) is 2.33. The van der Waals surface area contributed by atoms with Crippen molar-refractivity contribution in [2.45, 2.75) is 20.4 Å². The number of nitrogens with zero attached hydrogens (tertiary/aromatic N) is 4. The molecule has 0 saturated heterocycles. The summed E-state index contributed by atoms with van der Waals surface area (Å²) in [5.74, 6) is 1.70. The predicted molar refractivity (Wildman–Crippen MR) is 99.0 cm³/mol. The number of hydrogen-bond donors (Lipinski definition) is 2. The molecule has 0 aliphatic carbocycles. The number of benzene rings is 1. The average Bonchev–Trinajstić information content (AvgIpc) is 2.84. The highest BCUT2D eigenvalue weighted by molar-refractivity contribution is 7.88. The maximum absolute atomic E-state index is 9.41. The first kappa shape index (κ1) is 18.8. The van der Waals surface area contributed by atoms with Gasteiger partial charge in [0.15, 0.2) is 11.6 Å². The third-order valence-corrected chi connectivity index (χ3v) is 3.14. The minimum atomic E-state index is -3.17. The first-order valence-corrected chi connectivity index (χ1v) is 9.62. The third kappa shape index (κ3) is 5.23. The van der Waals surface area contributed by atoms with Crippen molar-refractivity contribution in [1.29, 1.82) is 0 Å². The van der Waals surface area contributed by atoms with Gasteiger partial charge in [0.05, 0.1) is 17.3 Å². The van der Waals surface area contributed by atoms with Gasteiger partial charge in [0, 0.05) is 18.9 Å². The van der Waals surface area contributed by atoms with Gasteiger partial charge in [-0.1, -0.05) is 26.0 Å². The van der Waals surface area contributed by atoms with Gasteiger partial charge in [-0.2, -0.15) is 0 Å². The molecule has 0 amide bonds. The summed E-state index contributed by atoms with van der Waals surface area (Å²) in [7, 11) is -3.17. The van der Waals surface area contributed by atoms with Crippen molar-refractivity contribution in [2.75, 3.05) is 12.0 Å². The Kier molecular flexibility index (Phi) is 5.70. The molecule has 1 aromatic carbocycles. The SMILES string of the molecule is CC(C)Cn1c(-c2nccnc2N)nc2ccccc21.CS(N)(=O)=O. The van der Waals surface area contributed by atoms with E-state index in [4.69, 9.17) is 5.73 Å². The van der Waals surface area contributed by atoms with E-state index in [-0.39, 0.29) is 0 Å². The van der Waals surface area contributed by atoms with E-state index in [1.165, 1.54) is 0 Å². The van der Waals surface area contributed by atoms with Crippen molar-refractivity contribution in [3.05, 3.63) is 36.7 Å². The number of primary sulfonamides is 1. The number of imidazole rings is 1. The fourth-order valence-electron chi connectivity index (χ4n) is 2.33. The van der Waals surface area contributed by atoms with Gasteiger partial charge >= 0.3 is 0 Å². The van der Waals surface area contributed by atoms with Gasteiger partial charge in [-0.05, 0) is 18.1 Å². The predicted octanol–water partition coefficient (Wildman–Crippen LogP) is 1.64. The fraction of sp³-hybridized carbons (Fsp3) is 0.312. The number of anilines is 1. The van der Waals surface area contributed by atoms with Crippen molar-refractivity contribution in [2.24, 2.45) is 11.1 Å². The number of aromatic nitrogens is 4. The van der Waals surface area contributed by atoms with Gasteiger partial charge in [-0.25, -0.2) is 28.5 Å². The molecule has 9 heteroatoms. The van der Waals surface area contributed by atoms with E-state index in [0.29, 0.717) is 17.4 Å². The topological polar surface area (TPSA) is 130 Å². The molecule has 4 N–H and O–H groups in total. The summed E-state index contributed by atoms with van der Waals surface area (Å²) in [6.45, 7) is 5.23. The molecule has 3 rings (SSSR count). The van der Waals surface area contributed by atoms with Crippen LogP contribution in [0.25, 0.3) is 22.6 Å². The number of rotatable bonds is 3. The molecule has 0 spiro atoms. The van der Waals surface area contributed by atoms with Gasteiger partial charge in [0.2, 0.25) is 10.0 Å². The Balaban J connectivity index is 0.000000399. The molecule has 0 fully saturated rings. The molecule has 0 bridgehead atoms. The molecule has 2 heterocycles. The van der Waals surface area contributed by atoms with Gasteiger partial charge in [0.25, 0.3) is 0 Å². The zero-order valence-electron chi connectivity index (χ0n) is 14.4. The van der Waals surface area contributed by atoms with Crippen LogP contribution in [0.2, 0.25) is 0 Å². The second kappa shape index (κ2) is 7.58. The zero-order valence-corrected chi connectivity index (χ0v) is 15.2. The Morgan fingerprint density at radius 1 is 1.16 bits per heavy atom. The van der Waals surface area contributed by atoms with E-state index in [1.807, 2.05) is 18.2 Å². The zero-order chi connectivity index (χ0) is 18.6. The maximum atomic E-state index is 9.41. The lowest BCUT2D eigenvalue weighted by atomic mass is 10.2. The molecular formula is C16H22N6O2S. The van der Waals surface area contributed by atoms with Crippen molar-refractivity contribution < 1.29 is 8.42 Å². The van der Waals surface area contributed by atoms with E-state index in [2.05, 4.69) is 44.6 Å². The van der Waals surface area contributed by atoms with Crippen LogP contribution >= 0.6 is 0 Å². The molecule has 3 aromatic rings. The normalized spacial score (nSPS) is 11.4. The minimum absolute atomic E-state index is 0.410. The number of sulfonamides is 1. The Labute approximate surface area is 147 Å². The Morgan fingerprint density at radius 3 is 2.36 bits per heavy atom. The van der Waals surface area contributed by atoms with Crippen molar-refractivity contribution >= 4 is 26.9 Å². The van der Waals surface area contributed by atoms with Crippen LogP contribution in [-0.2, 0) is 16.6 Å². The molecule has 0 radical (unpaired) electrons. The summed E-state index contributed by atoms with van der Waals surface area (Å²) in [5, 5.41) is 4.33.